The number of hydrogen-bond donors (Lipinski definition) is 0. The lowest BCUT2D eigenvalue weighted by atomic mass is 9.99. The molecule has 6 nitrogen and oxygen atoms in total. The first-order chi connectivity index (χ1) is 15.5. The van der Waals surface area contributed by atoms with Crippen LogP contribution in [0.4, 0.5) is 5.82 Å². The first-order valence-electron chi connectivity index (χ1n) is 11.6. The van der Waals surface area contributed by atoms with Gasteiger partial charge in [-0.25, -0.2) is 4.98 Å². The number of unbranched alkanes of at least 4 members (excludes halogenated alkanes) is 2. The molecule has 2 aromatic rings. The quantitative estimate of drug-likeness (QED) is 0.492. The molecule has 168 valence electrons. The highest BCUT2D eigenvalue weighted by Gasteiger charge is 2.41. The molecule has 0 bridgehead atoms. The average Bonchev–Trinajstić information content (AvgIpc) is 3.06. The van der Waals surface area contributed by atoms with Crippen molar-refractivity contribution in [1.29, 1.82) is 0 Å². The van der Waals surface area contributed by atoms with E-state index in [1.54, 1.807) is 6.20 Å². The first-order valence-corrected chi connectivity index (χ1v) is 11.6. The van der Waals surface area contributed by atoms with Crippen LogP contribution >= 0.6 is 0 Å². The van der Waals surface area contributed by atoms with Crippen molar-refractivity contribution in [3.63, 3.8) is 0 Å². The van der Waals surface area contributed by atoms with Crippen LogP contribution in [0.1, 0.15) is 42.9 Å². The predicted octanol–water partition coefficient (Wildman–Crippen LogP) is 3.79. The van der Waals surface area contributed by atoms with Crippen LogP contribution in [0.2, 0.25) is 0 Å². The van der Waals surface area contributed by atoms with Gasteiger partial charge in [0.2, 0.25) is 0 Å². The van der Waals surface area contributed by atoms with E-state index in [4.69, 9.17) is 0 Å². The molecule has 0 atom stereocenters. The molecule has 32 heavy (non-hydrogen) atoms. The van der Waals surface area contributed by atoms with Crippen molar-refractivity contribution in [3.05, 3.63) is 65.0 Å². The second kappa shape index (κ2) is 9.55. The first kappa shape index (κ1) is 22.1. The molecule has 2 aliphatic rings. The van der Waals surface area contributed by atoms with Crippen LogP contribution in [0, 0.1) is 13.8 Å². The number of amides is 2. The maximum Gasteiger partial charge on any atom is 0.277 e. The molecule has 4 rings (SSSR count). The molecule has 0 radical (unpaired) electrons. The zero-order valence-electron chi connectivity index (χ0n) is 19.3. The van der Waals surface area contributed by atoms with Gasteiger partial charge in [-0.3, -0.25) is 14.5 Å². The van der Waals surface area contributed by atoms with E-state index in [-0.39, 0.29) is 11.8 Å². The Balaban J connectivity index is 1.63. The number of piperazine rings is 1. The Bertz CT molecular complexity index is 1020. The highest BCUT2D eigenvalue weighted by Crippen LogP contribution is 2.33. The summed E-state index contributed by atoms with van der Waals surface area (Å²) in [6.07, 6.45) is 4.70. The van der Waals surface area contributed by atoms with Crippen molar-refractivity contribution in [2.45, 2.75) is 40.0 Å². The maximum atomic E-state index is 13.5. The Morgan fingerprint density at radius 3 is 2.28 bits per heavy atom. The molecule has 0 N–H and O–H groups in total. The normalized spacial score (nSPS) is 17.0. The number of aryl methyl sites for hydroxylation is 2. The number of hydrogen-bond acceptors (Lipinski definition) is 5. The molecule has 0 spiro atoms. The molecule has 1 saturated heterocycles. The summed E-state index contributed by atoms with van der Waals surface area (Å²) in [6, 6.07) is 12.0. The highest BCUT2D eigenvalue weighted by molar-refractivity contribution is 6.35. The minimum Gasteiger partial charge on any atom is -0.363 e. The number of rotatable bonds is 7. The van der Waals surface area contributed by atoms with Crippen LogP contribution in [0.3, 0.4) is 0 Å². The van der Waals surface area contributed by atoms with E-state index in [1.807, 2.05) is 43.3 Å². The molecular formula is C26H32N4O2. The Labute approximate surface area is 190 Å². The van der Waals surface area contributed by atoms with Gasteiger partial charge in [0.05, 0.1) is 5.57 Å². The lowest BCUT2D eigenvalue weighted by Gasteiger charge is -2.37. The Hall–Kier alpha value is -3.15. The van der Waals surface area contributed by atoms with Crippen LogP contribution in [0.15, 0.2) is 48.3 Å². The molecule has 1 aromatic carbocycles. The standard InChI is InChI=1S/C26H32N4O2/c1-4-5-8-13-30-25(31)23(21-11-10-19(2)20(3)18-21)24(26(30)32)29-16-14-28(15-17-29)22-9-6-7-12-27-22/h6-7,9-12,18H,4-5,8,13-17H2,1-3H3. The number of carbonyl (C=O) groups excluding carboxylic acids is 2. The van der Waals surface area contributed by atoms with E-state index in [1.165, 1.54) is 10.5 Å². The van der Waals surface area contributed by atoms with Crippen LogP contribution in [0.5, 0.6) is 0 Å². The fraction of sp³-hybridized carbons (Fsp3) is 0.423. The number of anilines is 1. The van der Waals surface area contributed by atoms with E-state index in [0.29, 0.717) is 30.9 Å². The Morgan fingerprint density at radius 2 is 1.62 bits per heavy atom. The molecule has 2 amide bonds. The molecule has 2 aliphatic heterocycles. The fourth-order valence-corrected chi connectivity index (χ4v) is 4.44. The monoisotopic (exact) mass is 432 g/mol. The predicted molar refractivity (Wildman–Crippen MR) is 127 cm³/mol. The lowest BCUT2D eigenvalue weighted by Crippen LogP contribution is -2.48. The van der Waals surface area contributed by atoms with E-state index in [0.717, 1.165) is 49.3 Å². The smallest absolute Gasteiger partial charge is 0.277 e. The van der Waals surface area contributed by atoms with Gasteiger partial charge in [0, 0.05) is 38.9 Å². The SMILES string of the molecule is CCCCCN1C(=O)C(c2ccc(C)c(C)c2)=C(N2CCN(c3ccccn3)CC2)C1=O. The van der Waals surface area contributed by atoms with Gasteiger partial charge in [-0.1, -0.05) is 44.0 Å². The average molecular weight is 433 g/mol. The minimum atomic E-state index is -0.156. The summed E-state index contributed by atoms with van der Waals surface area (Å²) in [6.45, 7) is 9.60. The maximum absolute atomic E-state index is 13.5. The van der Waals surface area contributed by atoms with Crippen LogP contribution in [-0.2, 0) is 9.59 Å². The van der Waals surface area contributed by atoms with Gasteiger partial charge in [0.1, 0.15) is 11.5 Å². The summed E-state index contributed by atoms with van der Waals surface area (Å²) in [4.78, 5) is 37.2. The van der Waals surface area contributed by atoms with E-state index in [2.05, 4.69) is 28.6 Å². The third kappa shape index (κ3) is 4.27. The second-order valence-corrected chi connectivity index (χ2v) is 8.65. The van der Waals surface area contributed by atoms with Crippen LogP contribution in [-0.4, -0.2) is 59.3 Å². The molecule has 0 unspecified atom stereocenters. The largest absolute Gasteiger partial charge is 0.363 e. The summed E-state index contributed by atoms with van der Waals surface area (Å²) >= 11 is 0. The van der Waals surface area contributed by atoms with Gasteiger partial charge in [0.25, 0.3) is 11.8 Å². The van der Waals surface area contributed by atoms with Gasteiger partial charge >= 0.3 is 0 Å². The topological polar surface area (TPSA) is 56.8 Å². The van der Waals surface area contributed by atoms with E-state index in [9.17, 15) is 9.59 Å². The highest BCUT2D eigenvalue weighted by atomic mass is 16.2. The van der Waals surface area contributed by atoms with E-state index < -0.39 is 0 Å². The summed E-state index contributed by atoms with van der Waals surface area (Å²) in [7, 11) is 0. The molecule has 0 aliphatic carbocycles. The number of benzene rings is 1. The number of carbonyl (C=O) groups is 2. The van der Waals surface area contributed by atoms with Crippen molar-refractivity contribution in [1.82, 2.24) is 14.8 Å². The fourth-order valence-electron chi connectivity index (χ4n) is 4.44. The number of imide groups is 1. The third-order valence-corrected chi connectivity index (χ3v) is 6.49. The minimum absolute atomic E-state index is 0.148. The van der Waals surface area contributed by atoms with Crippen molar-refractivity contribution in [2.24, 2.45) is 0 Å². The summed E-state index contributed by atoms with van der Waals surface area (Å²) in [5, 5.41) is 0. The number of pyridine rings is 1. The van der Waals surface area contributed by atoms with E-state index >= 15 is 0 Å². The zero-order valence-corrected chi connectivity index (χ0v) is 19.3. The van der Waals surface area contributed by atoms with Gasteiger partial charge < -0.3 is 9.80 Å². The summed E-state index contributed by atoms with van der Waals surface area (Å²) in [5.74, 6) is 0.646. The molecular weight excluding hydrogens is 400 g/mol. The molecule has 3 heterocycles. The number of aromatic nitrogens is 1. The lowest BCUT2D eigenvalue weighted by molar-refractivity contribution is -0.137. The molecule has 6 heteroatoms. The van der Waals surface area contributed by atoms with Gasteiger partial charge in [-0.2, -0.15) is 0 Å². The number of nitrogens with zero attached hydrogens (tertiary/aromatic N) is 4. The van der Waals surface area contributed by atoms with Crippen molar-refractivity contribution in [2.75, 3.05) is 37.6 Å². The molecule has 0 saturated carbocycles. The molecule has 1 fully saturated rings. The molecule has 1 aromatic heterocycles. The third-order valence-electron chi connectivity index (χ3n) is 6.49. The van der Waals surface area contributed by atoms with Gasteiger partial charge in [-0.15, -0.1) is 0 Å². The zero-order chi connectivity index (χ0) is 22.7. The van der Waals surface area contributed by atoms with Crippen LogP contribution in [0.25, 0.3) is 5.57 Å². The van der Waals surface area contributed by atoms with Crippen molar-refractivity contribution in [3.8, 4) is 0 Å². The Kier molecular flexibility index (Phi) is 6.58. The van der Waals surface area contributed by atoms with Gasteiger partial charge in [0.15, 0.2) is 0 Å². The van der Waals surface area contributed by atoms with Crippen LogP contribution < -0.4 is 4.90 Å². The summed E-state index contributed by atoms with van der Waals surface area (Å²) in [5.41, 5.74) is 4.26. The van der Waals surface area contributed by atoms with Crippen molar-refractivity contribution < 1.29 is 9.59 Å². The Morgan fingerprint density at radius 1 is 0.875 bits per heavy atom. The van der Waals surface area contributed by atoms with Gasteiger partial charge in [-0.05, 0) is 49.1 Å². The second-order valence-electron chi connectivity index (χ2n) is 8.65. The van der Waals surface area contributed by atoms with Crippen molar-refractivity contribution >= 4 is 23.2 Å². The summed E-state index contributed by atoms with van der Waals surface area (Å²) < 4.78 is 0.